The quantitative estimate of drug-likeness (QED) is 0.809. The van der Waals surface area contributed by atoms with Crippen LogP contribution < -0.4 is 10.6 Å². The standard InChI is InChI=1S/C14H21BrN2O2/c1-4-16-10(2)8-14(18)17-13-7-5-6-12(15)11(13)9-19-3/h5-7,10,16H,4,8-9H2,1-3H3,(H,17,18). The van der Waals surface area contributed by atoms with Crippen LogP contribution in [-0.4, -0.2) is 25.6 Å². The molecular formula is C14H21BrN2O2. The number of benzene rings is 1. The zero-order valence-electron chi connectivity index (χ0n) is 11.6. The highest BCUT2D eigenvalue weighted by molar-refractivity contribution is 9.10. The number of halogens is 1. The van der Waals surface area contributed by atoms with Crippen molar-refractivity contribution in [1.29, 1.82) is 0 Å². The number of methoxy groups -OCH3 is 1. The molecule has 1 rings (SSSR count). The Morgan fingerprint density at radius 2 is 2.21 bits per heavy atom. The molecule has 1 aromatic carbocycles. The third-order valence-corrected chi connectivity index (χ3v) is 3.47. The minimum Gasteiger partial charge on any atom is -0.380 e. The maximum Gasteiger partial charge on any atom is 0.225 e. The number of carbonyl (C=O) groups excluding carboxylic acids is 1. The minimum absolute atomic E-state index is 0.00361. The second-order valence-corrected chi connectivity index (χ2v) is 5.26. The SMILES string of the molecule is CCNC(C)CC(=O)Nc1cccc(Br)c1COC. The summed E-state index contributed by atoms with van der Waals surface area (Å²) in [5, 5.41) is 6.16. The highest BCUT2D eigenvalue weighted by Gasteiger charge is 2.12. The van der Waals surface area contributed by atoms with Gasteiger partial charge in [-0.2, -0.15) is 0 Å². The van der Waals surface area contributed by atoms with Crippen LogP contribution >= 0.6 is 15.9 Å². The molecule has 1 atom stereocenters. The van der Waals surface area contributed by atoms with Gasteiger partial charge in [0.1, 0.15) is 0 Å². The molecular weight excluding hydrogens is 308 g/mol. The lowest BCUT2D eigenvalue weighted by molar-refractivity contribution is -0.116. The van der Waals surface area contributed by atoms with E-state index < -0.39 is 0 Å². The molecule has 2 N–H and O–H groups in total. The zero-order chi connectivity index (χ0) is 14.3. The van der Waals surface area contributed by atoms with Gasteiger partial charge in [-0.05, 0) is 25.6 Å². The first-order valence-corrected chi connectivity index (χ1v) is 7.17. The van der Waals surface area contributed by atoms with Gasteiger partial charge in [0.05, 0.1) is 6.61 Å². The van der Waals surface area contributed by atoms with Crippen molar-refractivity contribution in [1.82, 2.24) is 5.32 Å². The van der Waals surface area contributed by atoms with Gasteiger partial charge in [0.25, 0.3) is 0 Å². The first-order chi connectivity index (χ1) is 9.08. The summed E-state index contributed by atoms with van der Waals surface area (Å²) in [6.07, 6.45) is 0.451. The van der Waals surface area contributed by atoms with Gasteiger partial charge < -0.3 is 15.4 Å². The van der Waals surface area contributed by atoms with E-state index in [2.05, 4.69) is 26.6 Å². The topological polar surface area (TPSA) is 50.4 Å². The van der Waals surface area contributed by atoms with Gasteiger partial charge in [-0.25, -0.2) is 0 Å². The van der Waals surface area contributed by atoms with Crippen molar-refractivity contribution >= 4 is 27.5 Å². The number of nitrogens with one attached hydrogen (secondary N) is 2. The molecule has 5 heteroatoms. The summed E-state index contributed by atoms with van der Waals surface area (Å²) in [5.41, 5.74) is 1.75. The lowest BCUT2D eigenvalue weighted by Gasteiger charge is -2.15. The summed E-state index contributed by atoms with van der Waals surface area (Å²) < 4.78 is 6.09. The van der Waals surface area contributed by atoms with Crippen molar-refractivity contribution in [3.05, 3.63) is 28.2 Å². The van der Waals surface area contributed by atoms with Gasteiger partial charge in [0.2, 0.25) is 5.91 Å². The summed E-state index contributed by atoms with van der Waals surface area (Å²) in [6.45, 7) is 5.35. The second-order valence-electron chi connectivity index (χ2n) is 4.41. The Morgan fingerprint density at radius 1 is 1.47 bits per heavy atom. The number of amides is 1. The summed E-state index contributed by atoms with van der Waals surface area (Å²) in [7, 11) is 1.64. The fourth-order valence-corrected chi connectivity index (χ4v) is 2.35. The van der Waals surface area contributed by atoms with Gasteiger partial charge in [-0.15, -0.1) is 0 Å². The maximum atomic E-state index is 12.0. The van der Waals surface area contributed by atoms with E-state index in [1.54, 1.807) is 7.11 Å². The number of hydrogen-bond acceptors (Lipinski definition) is 3. The number of ether oxygens (including phenoxy) is 1. The molecule has 0 heterocycles. The molecule has 1 aromatic rings. The summed E-state index contributed by atoms with van der Waals surface area (Å²) in [5.74, 6) is 0.00361. The average Bonchev–Trinajstić information content (AvgIpc) is 2.33. The van der Waals surface area contributed by atoms with Crippen LogP contribution in [0.4, 0.5) is 5.69 Å². The third kappa shape index (κ3) is 5.30. The van der Waals surface area contributed by atoms with E-state index in [0.717, 1.165) is 22.3 Å². The van der Waals surface area contributed by atoms with Crippen LogP contribution in [0.25, 0.3) is 0 Å². The van der Waals surface area contributed by atoms with Crippen LogP contribution in [0.15, 0.2) is 22.7 Å². The van der Waals surface area contributed by atoms with Crippen molar-refractivity contribution in [2.45, 2.75) is 32.9 Å². The van der Waals surface area contributed by atoms with Gasteiger partial charge in [-0.1, -0.05) is 28.9 Å². The van der Waals surface area contributed by atoms with Crippen molar-refractivity contribution in [3.8, 4) is 0 Å². The molecule has 0 aromatic heterocycles. The summed E-state index contributed by atoms with van der Waals surface area (Å²) in [4.78, 5) is 12.0. The summed E-state index contributed by atoms with van der Waals surface area (Å²) >= 11 is 3.47. The normalized spacial score (nSPS) is 12.2. The highest BCUT2D eigenvalue weighted by atomic mass is 79.9. The first-order valence-electron chi connectivity index (χ1n) is 6.38. The zero-order valence-corrected chi connectivity index (χ0v) is 13.2. The summed E-state index contributed by atoms with van der Waals surface area (Å²) in [6, 6.07) is 5.88. The molecule has 0 aliphatic heterocycles. The minimum atomic E-state index is 0.00361. The van der Waals surface area contributed by atoms with Crippen molar-refractivity contribution < 1.29 is 9.53 Å². The van der Waals surface area contributed by atoms with Gasteiger partial charge in [0, 0.05) is 35.3 Å². The van der Waals surface area contributed by atoms with Crippen LogP contribution in [0.1, 0.15) is 25.8 Å². The van der Waals surface area contributed by atoms with Crippen LogP contribution in [0, 0.1) is 0 Å². The molecule has 106 valence electrons. The van der Waals surface area contributed by atoms with Crippen LogP contribution in [0.5, 0.6) is 0 Å². The molecule has 0 bridgehead atoms. The van der Waals surface area contributed by atoms with Crippen LogP contribution in [0.2, 0.25) is 0 Å². The molecule has 0 spiro atoms. The van der Waals surface area contributed by atoms with E-state index >= 15 is 0 Å². The Hall–Kier alpha value is -0.910. The van der Waals surface area contributed by atoms with Gasteiger partial charge >= 0.3 is 0 Å². The van der Waals surface area contributed by atoms with E-state index in [9.17, 15) is 4.79 Å². The predicted octanol–water partition coefficient (Wildman–Crippen LogP) is 2.92. The largest absolute Gasteiger partial charge is 0.380 e. The Morgan fingerprint density at radius 3 is 2.84 bits per heavy atom. The predicted molar refractivity (Wildman–Crippen MR) is 81.2 cm³/mol. The molecule has 4 nitrogen and oxygen atoms in total. The first kappa shape index (κ1) is 16.1. The second kappa shape index (κ2) is 8.30. The van der Waals surface area contributed by atoms with Crippen LogP contribution in [-0.2, 0) is 16.1 Å². The number of hydrogen-bond donors (Lipinski definition) is 2. The van der Waals surface area contributed by atoms with Crippen molar-refractivity contribution in [2.75, 3.05) is 19.0 Å². The van der Waals surface area contributed by atoms with E-state index in [1.807, 2.05) is 32.0 Å². The Kier molecular flexibility index (Phi) is 7.05. The molecule has 0 saturated heterocycles. The number of carbonyl (C=O) groups is 1. The molecule has 0 aliphatic carbocycles. The van der Waals surface area contributed by atoms with E-state index in [1.165, 1.54) is 0 Å². The average molecular weight is 329 g/mol. The van der Waals surface area contributed by atoms with E-state index in [-0.39, 0.29) is 11.9 Å². The Bertz CT molecular complexity index is 424. The molecule has 1 amide bonds. The monoisotopic (exact) mass is 328 g/mol. The molecule has 0 aliphatic rings. The number of anilines is 1. The van der Waals surface area contributed by atoms with Gasteiger partial charge in [0.15, 0.2) is 0 Å². The molecule has 19 heavy (non-hydrogen) atoms. The number of rotatable bonds is 7. The fourth-order valence-electron chi connectivity index (χ4n) is 1.87. The molecule has 0 fully saturated rings. The highest BCUT2D eigenvalue weighted by Crippen LogP contribution is 2.25. The third-order valence-electron chi connectivity index (χ3n) is 2.73. The smallest absolute Gasteiger partial charge is 0.225 e. The molecule has 1 unspecified atom stereocenters. The van der Waals surface area contributed by atoms with Gasteiger partial charge in [-0.3, -0.25) is 4.79 Å². The molecule has 0 radical (unpaired) electrons. The molecule has 0 saturated carbocycles. The van der Waals surface area contributed by atoms with E-state index in [4.69, 9.17) is 4.74 Å². The van der Waals surface area contributed by atoms with Crippen molar-refractivity contribution in [3.63, 3.8) is 0 Å². The van der Waals surface area contributed by atoms with Crippen LogP contribution in [0.3, 0.4) is 0 Å². The Balaban J connectivity index is 2.71. The lowest BCUT2D eigenvalue weighted by Crippen LogP contribution is -2.30. The Labute approximate surface area is 123 Å². The van der Waals surface area contributed by atoms with Crippen molar-refractivity contribution in [2.24, 2.45) is 0 Å². The lowest BCUT2D eigenvalue weighted by atomic mass is 10.1. The van der Waals surface area contributed by atoms with E-state index in [0.29, 0.717) is 13.0 Å². The fraction of sp³-hybridized carbons (Fsp3) is 0.500. The maximum absolute atomic E-state index is 12.0.